The minimum atomic E-state index is -0.200. The summed E-state index contributed by atoms with van der Waals surface area (Å²) >= 11 is 0. The van der Waals surface area contributed by atoms with Crippen LogP contribution in [0.4, 0.5) is 0 Å². The molecule has 0 aliphatic rings. The van der Waals surface area contributed by atoms with Crippen LogP contribution in [0.3, 0.4) is 0 Å². The van der Waals surface area contributed by atoms with Crippen molar-refractivity contribution in [1.29, 1.82) is 0 Å². The van der Waals surface area contributed by atoms with Gasteiger partial charge in [-0.15, -0.1) is 6.58 Å². The highest BCUT2D eigenvalue weighted by molar-refractivity contribution is 5.56. The molecular weight excluding hydrogens is 404 g/mol. The first kappa shape index (κ1) is 27.0. The van der Waals surface area contributed by atoms with Gasteiger partial charge in [0.15, 0.2) is 0 Å². The van der Waals surface area contributed by atoms with Crippen LogP contribution in [0, 0.1) is 0 Å². The molecule has 33 heavy (non-hydrogen) atoms. The normalized spacial score (nSPS) is 13.5. The minimum Gasteiger partial charge on any atom is -0.507 e. The van der Waals surface area contributed by atoms with Gasteiger partial charge in [0.1, 0.15) is 11.5 Å². The third-order valence-electron chi connectivity index (χ3n) is 6.45. The Morgan fingerprint density at radius 1 is 0.545 bits per heavy atom. The molecule has 2 nitrogen and oxygen atoms in total. The summed E-state index contributed by atoms with van der Waals surface area (Å²) in [6.07, 6.45) is 1.98. The fourth-order valence-electron chi connectivity index (χ4n) is 4.42. The van der Waals surface area contributed by atoms with Gasteiger partial charge in [0.25, 0.3) is 0 Å². The molecule has 0 spiro atoms. The minimum absolute atomic E-state index is 0.0596. The van der Waals surface area contributed by atoms with Crippen molar-refractivity contribution < 1.29 is 10.2 Å². The molecule has 2 aromatic rings. The number of hydrogen-bond acceptors (Lipinski definition) is 2. The molecule has 0 saturated heterocycles. The van der Waals surface area contributed by atoms with Gasteiger partial charge in [0, 0.05) is 5.92 Å². The Hall–Kier alpha value is -2.22. The Balaban J connectivity index is 2.92. The van der Waals surface area contributed by atoms with Crippen LogP contribution in [0.25, 0.3) is 0 Å². The van der Waals surface area contributed by atoms with E-state index in [0.717, 1.165) is 33.4 Å². The number of aromatic hydroxyl groups is 2. The van der Waals surface area contributed by atoms with Crippen LogP contribution in [0.5, 0.6) is 11.5 Å². The predicted octanol–water partition coefficient (Wildman–Crippen LogP) is 8.61. The second-order valence-corrected chi connectivity index (χ2v) is 13.6. The van der Waals surface area contributed by atoms with Crippen molar-refractivity contribution in [2.45, 2.75) is 111 Å². The van der Waals surface area contributed by atoms with Gasteiger partial charge < -0.3 is 10.2 Å². The third-order valence-corrected chi connectivity index (χ3v) is 6.45. The summed E-state index contributed by atoms with van der Waals surface area (Å²) in [5, 5.41) is 22.4. The topological polar surface area (TPSA) is 40.5 Å². The van der Waals surface area contributed by atoms with Crippen molar-refractivity contribution in [3.8, 4) is 11.5 Å². The van der Waals surface area contributed by atoms with E-state index in [-0.39, 0.29) is 27.6 Å². The zero-order valence-electron chi connectivity index (χ0n) is 23.1. The first-order valence-electron chi connectivity index (χ1n) is 12.1. The van der Waals surface area contributed by atoms with Gasteiger partial charge in [0.2, 0.25) is 0 Å². The average molecular weight is 451 g/mol. The summed E-state index contributed by atoms with van der Waals surface area (Å²) in [5.74, 6) is 0.714. The molecule has 0 unspecified atom stereocenters. The summed E-state index contributed by atoms with van der Waals surface area (Å²) in [5.41, 5.74) is 5.21. The largest absolute Gasteiger partial charge is 0.507 e. The van der Waals surface area contributed by atoms with Crippen LogP contribution in [0.2, 0.25) is 0 Å². The van der Waals surface area contributed by atoms with Gasteiger partial charge in [0.05, 0.1) is 0 Å². The van der Waals surface area contributed by atoms with Crippen LogP contribution in [0.15, 0.2) is 36.9 Å². The lowest BCUT2D eigenvalue weighted by molar-refractivity contribution is 0.422. The number of phenolic OH excluding ortho intramolecular Hbond substituents is 2. The predicted molar refractivity (Wildman–Crippen MR) is 143 cm³/mol. The van der Waals surface area contributed by atoms with Gasteiger partial charge in [-0.2, -0.15) is 0 Å². The van der Waals surface area contributed by atoms with E-state index in [2.05, 4.69) is 114 Å². The summed E-state index contributed by atoms with van der Waals surface area (Å²) < 4.78 is 0. The second kappa shape index (κ2) is 8.53. The molecule has 0 radical (unpaired) electrons. The average Bonchev–Trinajstić information content (AvgIpc) is 2.60. The SMILES string of the molecule is C=CC(c1cc(C(C)(C)C)c(O)c(C(C)(C)C)c1)c1cc(C(C)(C)C)c(O)c(C(C)(C)C)c1. The smallest absolute Gasteiger partial charge is 0.123 e. The first-order valence-corrected chi connectivity index (χ1v) is 12.1. The first-order chi connectivity index (χ1) is 14.7. The summed E-state index contributed by atoms with van der Waals surface area (Å²) in [7, 11) is 0. The zero-order valence-corrected chi connectivity index (χ0v) is 23.1. The highest BCUT2D eigenvalue weighted by atomic mass is 16.3. The molecule has 0 heterocycles. The summed E-state index contributed by atoms with van der Waals surface area (Å²) in [6.45, 7) is 29.8. The number of benzene rings is 2. The molecule has 2 aromatic carbocycles. The maximum absolute atomic E-state index is 11.2. The maximum atomic E-state index is 11.2. The lowest BCUT2D eigenvalue weighted by Crippen LogP contribution is -2.20. The molecule has 0 saturated carbocycles. The van der Waals surface area contributed by atoms with E-state index in [1.54, 1.807) is 0 Å². The third kappa shape index (κ3) is 5.65. The Labute approximate surface area is 202 Å². The van der Waals surface area contributed by atoms with Gasteiger partial charge in [-0.1, -0.05) is 113 Å². The maximum Gasteiger partial charge on any atom is 0.123 e. The van der Waals surface area contributed by atoms with Crippen molar-refractivity contribution in [2.75, 3.05) is 0 Å². The van der Waals surface area contributed by atoms with Crippen molar-refractivity contribution in [3.05, 3.63) is 70.3 Å². The van der Waals surface area contributed by atoms with Gasteiger partial charge in [-0.05, 0) is 55.0 Å². The highest BCUT2D eigenvalue weighted by Gasteiger charge is 2.31. The lowest BCUT2D eigenvalue weighted by Gasteiger charge is -2.31. The number of phenols is 2. The van der Waals surface area contributed by atoms with Crippen molar-refractivity contribution in [3.63, 3.8) is 0 Å². The molecule has 0 bridgehead atoms. The molecule has 0 aromatic heterocycles. The monoisotopic (exact) mass is 450 g/mol. The summed E-state index contributed by atoms with van der Waals surface area (Å²) in [4.78, 5) is 0. The Kier molecular flexibility index (Phi) is 6.98. The number of hydrogen-bond donors (Lipinski definition) is 2. The van der Waals surface area contributed by atoms with Crippen molar-refractivity contribution in [1.82, 2.24) is 0 Å². The molecule has 2 heteroatoms. The van der Waals surface area contributed by atoms with Crippen molar-refractivity contribution >= 4 is 0 Å². The van der Waals surface area contributed by atoms with E-state index < -0.39 is 0 Å². The molecule has 0 atom stereocenters. The zero-order chi connectivity index (χ0) is 25.7. The lowest BCUT2D eigenvalue weighted by atomic mass is 9.74. The highest BCUT2D eigenvalue weighted by Crippen LogP contribution is 2.45. The molecule has 182 valence electrons. The Morgan fingerprint density at radius 2 is 0.758 bits per heavy atom. The van der Waals surface area contributed by atoms with Crippen LogP contribution in [-0.2, 0) is 21.7 Å². The molecular formula is C31H46O2. The fourth-order valence-corrected chi connectivity index (χ4v) is 4.42. The van der Waals surface area contributed by atoms with Crippen LogP contribution < -0.4 is 0 Å². The van der Waals surface area contributed by atoms with E-state index in [4.69, 9.17) is 0 Å². The van der Waals surface area contributed by atoms with Crippen molar-refractivity contribution in [2.24, 2.45) is 0 Å². The Bertz CT molecular complexity index is 877. The van der Waals surface area contributed by atoms with Gasteiger partial charge in [-0.3, -0.25) is 0 Å². The van der Waals surface area contributed by atoms with E-state index in [9.17, 15) is 10.2 Å². The van der Waals surface area contributed by atoms with Crippen LogP contribution in [0.1, 0.15) is 122 Å². The van der Waals surface area contributed by atoms with E-state index in [1.165, 1.54) is 0 Å². The van der Waals surface area contributed by atoms with E-state index >= 15 is 0 Å². The van der Waals surface area contributed by atoms with Gasteiger partial charge >= 0.3 is 0 Å². The quantitative estimate of drug-likeness (QED) is 0.459. The number of rotatable bonds is 3. The molecule has 0 aliphatic heterocycles. The molecule has 2 rings (SSSR count). The van der Waals surface area contributed by atoms with E-state index in [1.807, 2.05) is 6.08 Å². The molecule has 0 amide bonds. The standard InChI is InChI=1S/C31H46O2/c1-14-21(19-15-22(28(2,3)4)26(32)23(16-19)29(5,6)7)20-17-24(30(8,9)10)27(33)25(18-20)31(11,12)13/h14-18,21,32-33H,1H2,2-13H3. The van der Waals surface area contributed by atoms with E-state index in [0.29, 0.717) is 11.5 Å². The summed E-state index contributed by atoms with van der Waals surface area (Å²) in [6, 6.07) is 8.54. The van der Waals surface area contributed by atoms with Crippen LogP contribution >= 0.6 is 0 Å². The fraction of sp³-hybridized carbons (Fsp3) is 0.548. The molecule has 0 aliphatic carbocycles. The number of allylic oxidation sites excluding steroid dienone is 1. The Morgan fingerprint density at radius 3 is 0.909 bits per heavy atom. The molecule has 0 fully saturated rings. The molecule has 2 N–H and O–H groups in total. The second-order valence-electron chi connectivity index (χ2n) is 13.6. The van der Waals surface area contributed by atoms with Gasteiger partial charge in [-0.25, -0.2) is 0 Å². The van der Waals surface area contributed by atoms with Crippen LogP contribution in [-0.4, -0.2) is 10.2 Å².